The predicted molar refractivity (Wildman–Crippen MR) is 65.4 cm³/mol. The molecule has 0 aliphatic carbocycles. The van der Waals surface area contributed by atoms with Crippen molar-refractivity contribution in [2.45, 2.75) is 13.1 Å². The van der Waals surface area contributed by atoms with Gasteiger partial charge in [0, 0.05) is 5.69 Å². The van der Waals surface area contributed by atoms with E-state index in [1.807, 2.05) is 0 Å². The van der Waals surface area contributed by atoms with Crippen LogP contribution >= 0.6 is 0 Å². The fraction of sp³-hybridized carbons (Fsp3) is 0.154. The van der Waals surface area contributed by atoms with E-state index in [2.05, 4.69) is 10.5 Å². The number of alkyl halides is 3. The molecule has 8 heteroatoms. The van der Waals surface area contributed by atoms with Gasteiger partial charge in [0.05, 0.1) is 23.4 Å². The smallest absolute Gasteiger partial charge is 0.361 e. The zero-order chi connectivity index (χ0) is 15.6. The Morgan fingerprint density at radius 1 is 1.43 bits per heavy atom. The van der Waals surface area contributed by atoms with Crippen LogP contribution in [0.25, 0.3) is 0 Å². The Morgan fingerprint density at radius 3 is 2.67 bits per heavy atom. The van der Waals surface area contributed by atoms with Gasteiger partial charge in [0.15, 0.2) is 0 Å². The number of amides is 1. The van der Waals surface area contributed by atoms with Crippen LogP contribution in [0.5, 0.6) is 0 Å². The summed E-state index contributed by atoms with van der Waals surface area (Å²) in [6, 6.07) is 4.38. The molecule has 0 atom stereocenters. The first-order chi connectivity index (χ1) is 9.82. The van der Waals surface area contributed by atoms with Crippen molar-refractivity contribution in [2.75, 3.05) is 5.32 Å². The van der Waals surface area contributed by atoms with E-state index >= 15 is 0 Å². The highest BCUT2D eigenvalue weighted by Gasteiger charge is 2.34. The molecule has 1 N–H and O–H groups in total. The third-order valence-corrected chi connectivity index (χ3v) is 2.70. The first kappa shape index (κ1) is 14.6. The van der Waals surface area contributed by atoms with Gasteiger partial charge < -0.3 is 9.84 Å². The van der Waals surface area contributed by atoms with E-state index in [-0.39, 0.29) is 17.0 Å². The van der Waals surface area contributed by atoms with Crippen LogP contribution in [-0.4, -0.2) is 11.1 Å². The maximum Gasteiger partial charge on any atom is 0.417 e. The molecule has 1 amide bonds. The van der Waals surface area contributed by atoms with Gasteiger partial charge in [-0.2, -0.15) is 18.4 Å². The highest BCUT2D eigenvalue weighted by atomic mass is 19.4. The fourth-order valence-corrected chi connectivity index (χ4v) is 1.67. The highest BCUT2D eigenvalue weighted by molar-refractivity contribution is 6.04. The number of carbonyl (C=O) groups excluding carboxylic acids is 1. The van der Waals surface area contributed by atoms with Gasteiger partial charge in [0.25, 0.3) is 5.91 Å². The predicted octanol–water partition coefficient (Wildman–Crippen LogP) is 3.13. The molecule has 0 saturated heterocycles. The lowest BCUT2D eigenvalue weighted by molar-refractivity contribution is -0.137. The number of halogens is 3. The van der Waals surface area contributed by atoms with E-state index in [1.165, 1.54) is 25.3 Å². The molecule has 0 unspecified atom stereocenters. The van der Waals surface area contributed by atoms with Gasteiger partial charge in [-0.05, 0) is 25.1 Å². The van der Waals surface area contributed by atoms with Gasteiger partial charge in [-0.25, -0.2) is 0 Å². The second-order valence-electron chi connectivity index (χ2n) is 4.12. The summed E-state index contributed by atoms with van der Waals surface area (Å²) >= 11 is 0. The molecular weight excluding hydrogens is 287 g/mol. The first-order valence-corrected chi connectivity index (χ1v) is 5.67. The Hall–Kier alpha value is -2.82. The van der Waals surface area contributed by atoms with Gasteiger partial charge in [-0.3, -0.25) is 4.79 Å². The van der Waals surface area contributed by atoms with Crippen LogP contribution in [0, 0.1) is 18.3 Å². The molecule has 0 aliphatic rings. The first-order valence-electron chi connectivity index (χ1n) is 5.67. The lowest BCUT2D eigenvalue weighted by Gasteiger charge is -2.11. The molecule has 108 valence electrons. The van der Waals surface area contributed by atoms with E-state index in [0.29, 0.717) is 6.07 Å². The number of nitriles is 1. The lowest BCUT2D eigenvalue weighted by Crippen LogP contribution is -2.14. The normalized spacial score (nSPS) is 11.0. The number of hydrogen-bond acceptors (Lipinski definition) is 4. The maximum atomic E-state index is 12.8. The van der Waals surface area contributed by atoms with Crippen LogP contribution < -0.4 is 5.32 Å². The molecule has 2 rings (SSSR count). The van der Waals surface area contributed by atoms with Gasteiger partial charge >= 0.3 is 6.18 Å². The number of benzene rings is 1. The van der Waals surface area contributed by atoms with E-state index in [4.69, 9.17) is 9.78 Å². The van der Waals surface area contributed by atoms with Crippen molar-refractivity contribution in [2.24, 2.45) is 0 Å². The number of aromatic nitrogens is 1. The second kappa shape index (κ2) is 5.28. The summed E-state index contributed by atoms with van der Waals surface area (Å²) in [6.07, 6.45) is -3.52. The van der Waals surface area contributed by atoms with Crippen LogP contribution in [0.4, 0.5) is 18.9 Å². The Kier molecular flexibility index (Phi) is 3.67. The average Bonchev–Trinajstić information content (AvgIpc) is 2.84. The van der Waals surface area contributed by atoms with Crippen LogP contribution in [0.1, 0.15) is 27.2 Å². The van der Waals surface area contributed by atoms with Crippen molar-refractivity contribution in [1.29, 1.82) is 5.26 Å². The molecule has 2 aromatic rings. The molecule has 1 heterocycles. The van der Waals surface area contributed by atoms with Crippen molar-refractivity contribution >= 4 is 11.6 Å². The Bertz CT molecular complexity index is 729. The zero-order valence-electron chi connectivity index (χ0n) is 10.7. The largest absolute Gasteiger partial charge is 0.417 e. The molecule has 0 saturated carbocycles. The van der Waals surface area contributed by atoms with Crippen molar-refractivity contribution in [1.82, 2.24) is 5.16 Å². The van der Waals surface area contributed by atoms with Crippen molar-refractivity contribution in [3.8, 4) is 6.07 Å². The average molecular weight is 295 g/mol. The van der Waals surface area contributed by atoms with E-state index < -0.39 is 23.2 Å². The standard InChI is InChI=1S/C13H8F3N3O2/c1-7-10(6-18-21-7)12(20)19-9-3-2-8(5-17)11(4-9)13(14,15)16/h2-4,6H,1H3,(H,19,20). The summed E-state index contributed by atoms with van der Waals surface area (Å²) in [5, 5.41) is 14.4. The maximum absolute atomic E-state index is 12.8. The number of anilines is 1. The van der Waals surface area contributed by atoms with Crippen molar-refractivity contribution < 1.29 is 22.5 Å². The SMILES string of the molecule is Cc1oncc1C(=O)Nc1ccc(C#N)c(C(F)(F)F)c1. The van der Waals surface area contributed by atoms with E-state index in [1.54, 1.807) is 0 Å². The van der Waals surface area contributed by atoms with Gasteiger partial charge in [-0.15, -0.1) is 0 Å². The topological polar surface area (TPSA) is 78.9 Å². The minimum absolute atomic E-state index is 0.0769. The summed E-state index contributed by atoms with van der Waals surface area (Å²) in [5.41, 5.74) is -1.58. The molecular formula is C13H8F3N3O2. The summed E-state index contributed by atoms with van der Waals surface area (Å²) in [5.74, 6) is -0.399. The molecule has 0 fully saturated rings. The van der Waals surface area contributed by atoms with Gasteiger partial charge in [0.1, 0.15) is 11.3 Å². The minimum atomic E-state index is -4.68. The third-order valence-electron chi connectivity index (χ3n) is 2.70. The monoisotopic (exact) mass is 295 g/mol. The molecule has 0 spiro atoms. The molecule has 5 nitrogen and oxygen atoms in total. The minimum Gasteiger partial charge on any atom is -0.361 e. The number of aryl methyl sites for hydroxylation is 1. The Morgan fingerprint density at radius 2 is 2.14 bits per heavy atom. The number of nitrogens with one attached hydrogen (secondary N) is 1. The summed E-state index contributed by atoms with van der Waals surface area (Å²) < 4.78 is 43.1. The molecule has 0 radical (unpaired) electrons. The van der Waals surface area contributed by atoms with Crippen LogP contribution in [-0.2, 0) is 6.18 Å². The van der Waals surface area contributed by atoms with Crippen molar-refractivity contribution in [3.63, 3.8) is 0 Å². The number of hydrogen-bond donors (Lipinski definition) is 1. The van der Waals surface area contributed by atoms with E-state index in [0.717, 1.165) is 6.07 Å². The zero-order valence-corrected chi connectivity index (χ0v) is 10.7. The quantitative estimate of drug-likeness (QED) is 0.923. The Balaban J connectivity index is 2.32. The molecule has 0 bridgehead atoms. The number of nitrogens with zero attached hydrogens (tertiary/aromatic N) is 2. The van der Waals surface area contributed by atoms with Gasteiger partial charge in [-0.1, -0.05) is 5.16 Å². The molecule has 21 heavy (non-hydrogen) atoms. The lowest BCUT2D eigenvalue weighted by atomic mass is 10.1. The third kappa shape index (κ3) is 3.02. The molecule has 0 aliphatic heterocycles. The summed E-state index contributed by atoms with van der Waals surface area (Å²) in [6.45, 7) is 1.50. The molecule has 1 aromatic heterocycles. The van der Waals surface area contributed by atoms with Crippen molar-refractivity contribution in [3.05, 3.63) is 46.8 Å². The van der Waals surface area contributed by atoms with E-state index in [9.17, 15) is 18.0 Å². The van der Waals surface area contributed by atoms with Gasteiger partial charge in [0.2, 0.25) is 0 Å². The van der Waals surface area contributed by atoms with Crippen LogP contribution in [0.15, 0.2) is 28.9 Å². The van der Waals surface area contributed by atoms with Crippen LogP contribution in [0.2, 0.25) is 0 Å². The number of rotatable bonds is 2. The molecule has 1 aromatic carbocycles. The summed E-state index contributed by atoms with van der Waals surface area (Å²) in [7, 11) is 0. The van der Waals surface area contributed by atoms with Crippen LogP contribution in [0.3, 0.4) is 0 Å². The highest BCUT2D eigenvalue weighted by Crippen LogP contribution is 2.33. The summed E-state index contributed by atoms with van der Waals surface area (Å²) in [4.78, 5) is 11.9. The Labute approximate surface area is 117 Å². The second-order valence-corrected chi connectivity index (χ2v) is 4.12. The fourth-order valence-electron chi connectivity index (χ4n) is 1.67. The number of carbonyl (C=O) groups is 1.